The summed E-state index contributed by atoms with van der Waals surface area (Å²) in [7, 11) is -3.87. The van der Waals surface area contributed by atoms with Gasteiger partial charge in [-0.25, -0.2) is 8.42 Å². The summed E-state index contributed by atoms with van der Waals surface area (Å²) in [4.78, 5) is 24.9. The van der Waals surface area contributed by atoms with Crippen LogP contribution in [0.25, 0.3) is 0 Å². The Labute approximate surface area is 203 Å². The first kappa shape index (κ1) is 23.4. The summed E-state index contributed by atoms with van der Waals surface area (Å²) in [5, 5.41) is 5.65. The SMILES string of the molecule is Cc1cc2c(cc1S(=O)(=O)N1CCC[C@H](C(=O)NCc3ccc4c(c3)OCO4)C1)O[C@H](C)C(=O)N2. The maximum Gasteiger partial charge on any atom is 0.265 e. The summed E-state index contributed by atoms with van der Waals surface area (Å²) in [6.07, 6.45) is 0.470. The molecule has 0 spiro atoms. The molecule has 11 heteroatoms. The monoisotopic (exact) mass is 501 g/mol. The summed E-state index contributed by atoms with van der Waals surface area (Å²) in [5.74, 6) is 0.707. The third kappa shape index (κ3) is 4.53. The molecule has 3 aliphatic heterocycles. The number of anilines is 1. The van der Waals surface area contributed by atoms with Crippen molar-refractivity contribution in [1.82, 2.24) is 9.62 Å². The highest BCUT2D eigenvalue weighted by molar-refractivity contribution is 7.89. The van der Waals surface area contributed by atoms with Crippen LogP contribution in [-0.2, 0) is 26.2 Å². The first-order chi connectivity index (χ1) is 16.7. The number of amides is 2. The van der Waals surface area contributed by atoms with Crippen molar-refractivity contribution in [2.24, 2.45) is 5.92 Å². The van der Waals surface area contributed by atoms with Crippen LogP contribution in [-0.4, -0.2) is 50.5 Å². The summed E-state index contributed by atoms with van der Waals surface area (Å²) in [5.41, 5.74) is 1.81. The zero-order valence-corrected chi connectivity index (χ0v) is 20.3. The molecular weight excluding hydrogens is 474 g/mol. The molecular formula is C24H27N3O7S. The topological polar surface area (TPSA) is 123 Å². The van der Waals surface area contributed by atoms with Crippen LogP contribution < -0.4 is 24.8 Å². The van der Waals surface area contributed by atoms with Gasteiger partial charge in [0, 0.05) is 25.7 Å². The predicted molar refractivity (Wildman–Crippen MR) is 126 cm³/mol. The maximum atomic E-state index is 13.5. The molecule has 0 aromatic heterocycles. The van der Waals surface area contributed by atoms with Gasteiger partial charge in [-0.3, -0.25) is 9.59 Å². The fourth-order valence-electron chi connectivity index (χ4n) is 4.52. The van der Waals surface area contributed by atoms with Crippen molar-refractivity contribution in [2.45, 2.75) is 44.2 Å². The van der Waals surface area contributed by atoms with E-state index in [1.165, 1.54) is 10.4 Å². The van der Waals surface area contributed by atoms with E-state index < -0.39 is 22.0 Å². The number of piperidine rings is 1. The molecule has 3 aliphatic rings. The lowest BCUT2D eigenvalue weighted by Gasteiger charge is -2.32. The minimum absolute atomic E-state index is 0.0970. The van der Waals surface area contributed by atoms with Crippen molar-refractivity contribution in [3.05, 3.63) is 41.5 Å². The Balaban J connectivity index is 1.28. The molecule has 2 atom stereocenters. The van der Waals surface area contributed by atoms with E-state index in [2.05, 4.69) is 10.6 Å². The normalized spacial score (nSPS) is 21.6. The number of sulfonamides is 1. The first-order valence-electron chi connectivity index (χ1n) is 11.5. The van der Waals surface area contributed by atoms with Crippen molar-refractivity contribution in [1.29, 1.82) is 0 Å². The largest absolute Gasteiger partial charge is 0.479 e. The number of carbonyl (C=O) groups is 2. The van der Waals surface area contributed by atoms with Crippen LogP contribution in [0.4, 0.5) is 5.69 Å². The minimum Gasteiger partial charge on any atom is -0.479 e. The highest BCUT2D eigenvalue weighted by atomic mass is 32.2. The molecule has 0 saturated carbocycles. The number of nitrogens with zero attached hydrogens (tertiary/aromatic N) is 1. The number of aryl methyl sites for hydroxylation is 1. The number of rotatable bonds is 5. The average Bonchev–Trinajstić information content (AvgIpc) is 3.31. The highest BCUT2D eigenvalue weighted by Gasteiger charge is 2.35. The van der Waals surface area contributed by atoms with Crippen LogP contribution in [0.1, 0.15) is 30.9 Å². The fourth-order valence-corrected chi connectivity index (χ4v) is 6.26. The molecule has 186 valence electrons. The van der Waals surface area contributed by atoms with Gasteiger partial charge >= 0.3 is 0 Å². The molecule has 1 fully saturated rings. The summed E-state index contributed by atoms with van der Waals surface area (Å²) >= 11 is 0. The molecule has 2 aromatic rings. The summed E-state index contributed by atoms with van der Waals surface area (Å²) < 4.78 is 44.7. The van der Waals surface area contributed by atoms with E-state index in [4.69, 9.17) is 14.2 Å². The standard InChI is InChI=1S/C24H27N3O7S/c1-14-8-18-20(34-15(2)23(28)26-18)10-22(14)35(30,31)27-7-3-4-17(12-27)24(29)25-11-16-5-6-19-21(9-16)33-13-32-19/h5-6,8-10,15,17H,3-4,7,11-13H2,1-2H3,(H,25,29)(H,26,28)/t15-,17+/m1/s1. The highest BCUT2D eigenvalue weighted by Crippen LogP contribution is 2.36. The molecule has 2 N–H and O–H groups in total. The fraction of sp³-hybridized carbons (Fsp3) is 0.417. The lowest BCUT2D eigenvalue weighted by atomic mass is 9.98. The van der Waals surface area contributed by atoms with Crippen molar-refractivity contribution >= 4 is 27.5 Å². The van der Waals surface area contributed by atoms with Gasteiger partial charge in [0.2, 0.25) is 22.7 Å². The quantitative estimate of drug-likeness (QED) is 0.644. The molecule has 0 radical (unpaired) electrons. The van der Waals surface area contributed by atoms with Crippen LogP contribution in [0.2, 0.25) is 0 Å². The number of benzene rings is 2. The third-order valence-corrected chi connectivity index (χ3v) is 8.49. The van der Waals surface area contributed by atoms with Crippen molar-refractivity contribution < 1.29 is 32.2 Å². The van der Waals surface area contributed by atoms with Crippen molar-refractivity contribution in [2.75, 3.05) is 25.2 Å². The number of hydrogen-bond acceptors (Lipinski definition) is 7. The van der Waals surface area contributed by atoms with Crippen LogP contribution in [0, 0.1) is 12.8 Å². The number of hydrogen-bond donors (Lipinski definition) is 2. The Bertz CT molecular complexity index is 1290. The second-order valence-electron chi connectivity index (χ2n) is 8.97. The van der Waals surface area contributed by atoms with Gasteiger partial charge in [-0.2, -0.15) is 4.31 Å². The lowest BCUT2D eigenvalue weighted by molar-refractivity contribution is -0.126. The molecule has 0 unspecified atom stereocenters. The molecule has 2 aromatic carbocycles. The Hall–Kier alpha value is -3.31. The first-order valence-corrected chi connectivity index (χ1v) is 12.9. The molecule has 2 amide bonds. The van der Waals surface area contributed by atoms with E-state index in [1.807, 2.05) is 12.1 Å². The van der Waals surface area contributed by atoms with Crippen LogP contribution >= 0.6 is 0 Å². The zero-order valence-electron chi connectivity index (χ0n) is 19.5. The van der Waals surface area contributed by atoms with E-state index in [1.54, 1.807) is 26.0 Å². The summed E-state index contributed by atoms with van der Waals surface area (Å²) in [6, 6.07) is 8.54. The van der Waals surface area contributed by atoms with Crippen LogP contribution in [0.15, 0.2) is 35.2 Å². The molecule has 1 saturated heterocycles. The second kappa shape index (κ2) is 9.04. The molecule has 0 aliphatic carbocycles. The van der Waals surface area contributed by atoms with Gasteiger partial charge in [0.05, 0.1) is 16.5 Å². The van der Waals surface area contributed by atoms with Gasteiger partial charge in [0.25, 0.3) is 5.91 Å². The molecule has 35 heavy (non-hydrogen) atoms. The van der Waals surface area contributed by atoms with Crippen LogP contribution in [0.5, 0.6) is 17.2 Å². The molecule has 10 nitrogen and oxygen atoms in total. The number of carbonyl (C=O) groups excluding carboxylic acids is 2. The predicted octanol–water partition coefficient (Wildman–Crippen LogP) is 2.16. The third-order valence-electron chi connectivity index (χ3n) is 6.48. The Morgan fingerprint density at radius 3 is 2.80 bits per heavy atom. The maximum absolute atomic E-state index is 13.5. The van der Waals surface area contributed by atoms with Crippen molar-refractivity contribution in [3.63, 3.8) is 0 Å². The van der Waals surface area contributed by atoms with Crippen LogP contribution in [0.3, 0.4) is 0 Å². The Kier molecular flexibility index (Phi) is 6.06. The smallest absolute Gasteiger partial charge is 0.265 e. The van der Waals surface area contributed by atoms with E-state index >= 15 is 0 Å². The van der Waals surface area contributed by atoms with E-state index in [-0.39, 0.29) is 30.0 Å². The lowest BCUT2D eigenvalue weighted by Crippen LogP contribution is -2.45. The van der Waals surface area contributed by atoms with E-state index in [0.29, 0.717) is 54.4 Å². The zero-order chi connectivity index (χ0) is 24.7. The number of ether oxygens (including phenoxy) is 3. The molecule has 0 bridgehead atoms. The van der Waals surface area contributed by atoms with Gasteiger partial charge in [-0.05, 0) is 56.0 Å². The van der Waals surface area contributed by atoms with E-state index in [9.17, 15) is 18.0 Å². The van der Waals surface area contributed by atoms with Gasteiger partial charge in [-0.1, -0.05) is 6.07 Å². The second-order valence-corrected chi connectivity index (χ2v) is 10.9. The Morgan fingerprint density at radius 2 is 1.97 bits per heavy atom. The number of fused-ring (bicyclic) bond motifs is 2. The molecule has 3 heterocycles. The van der Waals surface area contributed by atoms with Gasteiger partial charge in [0.1, 0.15) is 5.75 Å². The molecule has 5 rings (SSSR count). The van der Waals surface area contributed by atoms with Gasteiger partial charge in [-0.15, -0.1) is 0 Å². The summed E-state index contributed by atoms with van der Waals surface area (Å²) in [6.45, 7) is 4.20. The minimum atomic E-state index is -3.87. The average molecular weight is 502 g/mol. The van der Waals surface area contributed by atoms with E-state index in [0.717, 1.165) is 5.56 Å². The van der Waals surface area contributed by atoms with Gasteiger partial charge in [0.15, 0.2) is 17.6 Å². The van der Waals surface area contributed by atoms with Crippen molar-refractivity contribution in [3.8, 4) is 17.2 Å². The number of nitrogens with one attached hydrogen (secondary N) is 2. The Morgan fingerprint density at radius 1 is 1.17 bits per heavy atom. The van der Waals surface area contributed by atoms with Gasteiger partial charge < -0.3 is 24.8 Å².